The average molecular weight is 584 g/mol. The Balaban J connectivity index is 1.61. The Bertz CT molecular complexity index is 1560. The smallest absolute Gasteiger partial charge is 0.416 e. The van der Waals surface area contributed by atoms with Crippen LogP contribution in [0.2, 0.25) is 5.02 Å². The van der Waals surface area contributed by atoms with Crippen LogP contribution in [0.3, 0.4) is 0 Å². The third-order valence-corrected chi connectivity index (χ3v) is 7.09. The fraction of sp³-hybridized carbons (Fsp3) is 0.250. The number of pyridine rings is 1. The zero-order valence-electron chi connectivity index (χ0n) is 21.1. The molecule has 0 radical (unpaired) electrons. The number of halogens is 4. The molecule has 0 spiro atoms. The number of anilines is 2. The summed E-state index contributed by atoms with van der Waals surface area (Å²) in [6.45, 7) is -0.451. The van der Waals surface area contributed by atoms with Gasteiger partial charge in [0.25, 0.3) is 11.8 Å². The molecule has 2 aliphatic rings. The molecule has 5 rings (SSSR count). The SMILES string of the molecule is N#Cc1ccnc(N2C(=O)OCC2C(=O)N(c2cccc(F)c2)[C@H](C(=O)NC2CC(F)(F)C2)c2ccccc2Cl)c1. The van der Waals surface area contributed by atoms with E-state index < -0.39 is 67.2 Å². The van der Waals surface area contributed by atoms with Crippen molar-refractivity contribution in [2.24, 2.45) is 0 Å². The van der Waals surface area contributed by atoms with E-state index in [1.165, 1.54) is 42.6 Å². The van der Waals surface area contributed by atoms with Crippen LogP contribution < -0.4 is 15.1 Å². The number of hydrogen-bond acceptors (Lipinski definition) is 6. The van der Waals surface area contributed by atoms with Crippen molar-refractivity contribution in [3.8, 4) is 6.07 Å². The summed E-state index contributed by atoms with van der Waals surface area (Å²) in [5, 5.41) is 11.9. The Morgan fingerprint density at radius 3 is 2.61 bits per heavy atom. The number of nitriles is 1. The predicted molar refractivity (Wildman–Crippen MR) is 141 cm³/mol. The minimum Gasteiger partial charge on any atom is -0.446 e. The highest BCUT2D eigenvalue weighted by atomic mass is 35.5. The number of aromatic nitrogens is 1. The zero-order chi connectivity index (χ0) is 29.3. The Morgan fingerprint density at radius 1 is 1.17 bits per heavy atom. The van der Waals surface area contributed by atoms with E-state index in [0.29, 0.717) is 0 Å². The maximum atomic E-state index is 14.5. The van der Waals surface area contributed by atoms with Crippen LogP contribution in [0.5, 0.6) is 0 Å². The Labute approximate surface area is 237 Å². The summed E-state index contributed by atoms with van der Waals surface area (Å²) in [6, 6.07) is 11.8. The molecule has 2 fully saturated rings. The molecule has 2 heterocycles. The normalized spacial score (nSPS) is 18.6. The molecule has 1 aliphatic heterocycles. The zero-order valence-corrected chi connectivity index (χ0v) is 21.9. The molecule has 1 aromatic heterocycles. The summed E-state index contributed by atoms with van der Waals surface area (Å²) in [6.07, 6.45) is -0.816. The molecule has 2 atom stereocenters. The van der Waals surface area contributed by atoms with Crippen molar-refractivity contribution < 1.29 is 32.3 Å². The molecule has 3 aromatic rings. The van der Waals surface area contributed by atoms with Crippen LogP contribution >= 0.6 is 11.6 Å². The van der Waals surface area contributed by atoms with Crippen LogP contribution in [0.1, 0.15) is 30.0 Å². The number of nitrogens with one attached hydrogen (secondary N) is 1. The molecule has 9 nitrogen and oxygen atoms in total. The van der Waals surface area contributed by atoms with Crippen LogP contribution in [-0.2, 0) is 14.3 Å². The summed E-state index contributed by atoms with van der Waals surface area (Å²) in [4.78, 5) is 46.9. The third kappa shape index (κ3) is 5.67. The van der Waals surface area contributed by atoms with Crippen molar-refractivity contribution in [1.82, 2.24) is 10.3 Å². The molecular weight excluding hydrogens is 563 g/mol. The summed E-state index contributed by atoms with van der Waals surface area (Å²) in [7, 11) is 0. The van der Waals surface area contributed by atoms with Gasteiger partial charge in [-0.25, -0.2) is 27.8 Å². The van der Waals surface area contributed by atoms with Gasteiger partial charge in [0.1, 0.15) is 24.3 Å². The molecule has 1 saturated carbocycles. The van der Waals surface area contributed by atoms with Gasteiger partial charge in [-0.05, 0) is 36.4 Å². The molecule has 1 aliphatic carbocycles. The first-order valence-corrected chi connectivity index (χ1v) is 12.8. The summed E-state index contributed by atoms with van der Waals surface area (Å²) >= 11 is 6.46. The van der Waals surface area contributed by atoms with Gasteiger partial charge < -0.3 is 10.1 Å². The van der Waals surface area contributed by atoms with Crippen LogP contribution in [0.15, 0.2) is 66.9 Å². The van der Waals surface area contributed by atoms with E-state index in [0.717, 1.165) is 21.9 Å². The van der Waals surface area contributed by atoms with Gasteiger partial charge in [0, 0.05) is 41.4 Å². The van der Waals surface area contributed by atoms with Gasteiger partial charge in [-0.15, -0.1) is 0 Å². The van der Waals surface area contributed by atoms with Gasteiger partial charge in [0.15, 0.2) is 6.04 Å². The van der Waals surface area contributed by atoms with Gasteiger partial charge in [0.05, 0.1) is 11.6 Å². The third-order valence-electron chi connectivity index (χ3n) is 6.75. The minimum absolute atomic E-state index is 0.0560. The van der Waals surface area contributed by atoms with Crippen molar-refractivity contribution in [2.45, 2.75) is 36.9 Å². The second kappa shape index (κ2) is 11.1. The van der Waals surface area contributed by atoms with Crippen LogP contribution in [0.4, 0.5) is 29.5 Å². The quantitative estimate of drug-likeness (QED) is 0.429. The number of alkyl halides is 2. The van der Waals surface area contributed by atoms with Gasteiger partial charge in [-0.3, -0.25) is 14.5 Å². The summed E-state index contributed by atoms with van der Waals surface area (Å²) < 4.78 is 46.8. The van der Waals surface area contributed by atoms with Gasteiger partial charge in [0.2, 0.25) is 5.91 Å². The average Bonchev–Trinajstić information content (AvgIpc) is 3.32. The van der Waals surface area contributed by atoms with Crippen molar-refractivity contribution in [3.05, 3.63) is 88.8 Å². The molecule has 13 heteroatoms. The number of carbonyl (C=O) groups excluding carboxylic acids is 3. The number of hydrogen-bond donors (Lipinski definition) is 1. The fourth-order valence-electron chi connectivity index (χ4n) is 4.80. The maximum absolute atomic E-state index is 14.5. The monoisotopic (exact) mass is 583 g/mol. The van der Waals surface area contributed by atoms with Crippen molar-refractivity contribution >= 4 is 41.0 Å². The van der Waals surface area contributed by atoms with E-state index in [1.807, 2.05) is 6.07 Å². The van der Waals surface area contributed by atoms with E-state index in [-0.39, 0.29) is 27.7 Å². The van der Waals surface area contributed by atoms with Crippen LogP contribution in [-0.4, -0.2) is 47.5 Å². The van der Waals surface area contributed by atoms with Crippen molar-refractivity contribution in [3.63, 3.8) is 0 Å². The summed E-state index contributed by atoms with van der Waals surface area (Å²) in [5.74, 6) is -5.42. The highest BCUT2D eigenvalue weighted by molar-refractivity contribution is 6.31. The van der Waals surface area contributed by atoms with Crippen LogP contribution in [0, 0.1) is 17.1 Å². The molecule has 1 unspecified atom stereocenters. The molecule has 0 bridgehead atoms. The predicted octanol–water partition coefficient (Wildman–Crippen LogP) is 4.76. The highest BCUT2D eigenvalue weighted by Crippen LogP contribution is 2.39. The number of cyclic esters (lactones) is 1. The van der Waals surface area contributed by atoms with Crippen molar-refractivity contribution in [2.75, 3.05) is 16.4 Å². The lowest BCUT2D eigenvalue weighted by Crippen LogP contribution is -2.56. The Hall–Kier alpha value is -4.63. The highest BCUT2D eigenvalue weighted by Gasteiger charge is 2.49. The molecule has 2 aromatic carbocycles. The first kappa shape index (κ1) is 27.9. The minimum atomic E-state index is -2.93. The van der Waals surface area contributed by atoms with Crippen molar-refractivity contribution in [1.29, 1.82) is 5.26 Å². The first-order chi connectivity index (χ1) is 19.6. The lowest BCUT2D eigenvalue weighted by molar-refractivity contribution is -0.133. The lowest BCUT2D eigenvalue weighted by atomic mass is 9.87. The Morgan fingerprint density at radius 2 is 1.93 bits per heavy atom. The van der Waals surface area contributed by atoms with E-state index in [2.05, 4.69) is 10.3 Å². The van der Waals surface area contributed by atoms with E-state index in [1.54, 1.807) is 12.1 Å². The van der Waals surface area contributed by atoms with Gasteiger partial charge in [-0.2, -0.15) is 5.26 Å². The van der Waals surface area contributed by atoms with Crippen LogP contribution in [0.25, 0.3) is 0 Å². The Kier molecular flexibility index (Phi) is 7.55. The van der Waals surface area contributed by atoms with E-state index in [4.69, 9.17) is 16.3 Å². The second-order valence-corrected chi connectivity index (χ2v) is 9.97. The van der Waals surface area contributed by atoms with Gasteiger partial charge in [-0.1, -0.05) is 35.9 Å². The number of rotatable bonds is 7. The molecule has 210 valence electrons. The van der Waals surface area contributed by atoms with E-state index in [9.17, 15) is 32.8 Å². The lowest BCUT2D eigenvalue weighted by Gasteiger charge is -2.39. The fourth-order valence-corrected chi connectivity index (χ4v) is 5.04. The maximum Gasteiger partial charge on any atom is 0.416 e. The number of benzene rings is 2. The number of ether oxygens (including phenoxy) is 1. The largest absolute Gasteiger partial charge is 0.446 e. The number of carbonyl (C=O) groups is 3. The molecule has 1 N–H and O–H groups in total. The molecule has 1 saturated heterocycles. The number of amides is 3. The van der Waals surface area contributed by atoms with E-state index >= 15 is 0 Å². The second-order valence-electron chi connectivity index (χ2n) is 9.56. The number of nitrogens with zero attached hydrogens (tertiary/aromatic N) is 4. The standard InChI is InChI=1S/C28H21ClF3N5O4/c29-21-7-2-1-6-20(21)24(25(38)35-18-12-28(31,32)13-18)36(19-5-3-4-17(30)11-19)26(39)22-15-41-27(40)37(22)23-10-16(14-33)8-9-34-23/h1-11,18,22,24H,12-13,15H2,(H,35,38)/t22?,24-/m0/s1. The molecular formula is C28H21ClF3N5O4. The van der Waals surface area contributed by atoms with Gasteiger partial charge >= 0.3 is 6.09 Å². The topological polar surface area (TPSA) is 116 Å². The molecule has 3 amide bonds. The molecule has 41 heavy (non-hydrogen) atoms. The first-order valence-electron chi connectivity index (χ1n) is 12.4. The summed E-state index contributed by atoms with van der Waals surface area (Å²) in [5.41, 5.74) is 0.234.